The van der Waals surface area contributed by atoms with Gasteiger partial charge < -0.3 is 4.90 Å². The smallest absolute Gasteiger partial charge is 0.307 e. The lowest BCUT2D eigenvalue weighted by Crippen LogP contribution is -2.26. The molecule has 0 radical (unpaired) electrons. The van der Waals surface area contributed by atoms with Crippen molar-refractivity contribution in [2.45, 2.75) is 11.7 Å². The maximum Gasteiger partial charge on any atom is 0.307 e. The molecule has 4 nitrogen and oxygen atoms in total. The molecule has 7 heteroatoms. The van der Waals surface area contributed by atoms with E-state index < -0.39 is 21.4 Å². The molecule has 1 atom stereocenters. The van der Waals surface area contributed by atoms with Gasteiger partial charge in [-0.05, 0) is 18.2 Å². The van der Waals surface area contributed by atoms with Gasteiger partial charge in [0.1, 0.15) is 5.25 Å². The summed E-state index contributed by atoms with van der Waals surface area (Å²) in [6, 6.07) is 6.43. The maximum absolute atomic E-state index is 12.8. The Morgan fingerprint density at radius 3 is 2.65 bits per heavy atom. The Morgan fingerprint density at radius 2 is 2.12 bits per heavy atom. The number of amides is 1. The number of rotatable bonds is 2. The summed E-state index contributed by atoms with van der Waals surface area (Å²) in [6.45, 7) is -0.169. The van der Waals surface area contributed by atoms with Crippen LogP contribution in [0.3, 0.4) is 0 Å². The second-order valence-electron chi connectivity index (χ2n) is 3.79. The van der Waals surface area contributed by atoms with Crippen LogP contribution in [0.2, 0.25) is 5.02 Å². The number of nitrogens with zero attached hydrogens (tertiary/aromatic N) is 1. The molecule has 1 aliphatic rings. The minimum Gasteiger partial charge on any atom is -0.311 e. The minimum atomic E-state index is -4.68. The van der Waals surface area contributed by atoms with E-state index >= 15 is 0 Å². The van der Waals surface area contributed by atoms with E-state index in [0.717, 1.165) is 0 Å². The third-order valence-corrected chi connectivity index (χ3v) is 3.95. The number of hydrogen-bond donors (Lipinski definition) is 0. The predicted molar refractivity (Wildman–Crippen MR) is 62.2 cm³/mol. The topological polar surface area (TPSA) is 54.5 Å². The van der Waals surface area contributed by atoms with E-state index in [1.807, 2.05) is 0 Å². The first-order chi connectivity index (χ1) is 7.88. The van der Waals surface area contributed by atoms with Gasteiger partial charge in [-0.15, -0.1) is 3.89 Å². The first-order valence-corrected chi connectivity index (χ1v) is 6.70. The van der Waals surface area contributed by atoms with E-state index in [0.29, 0.717) is 10.7 Å². The number of anilines is 1. The lowest BCUT2D eigenvalue weighted by molar-refractivity contribution is -0.117. The quantitative estimate of drug-likeness (QED) is 0.774. The third-order valence-electron chi connectivity index (χ3n) is 2.61. The average Bonchev–Trinajstić information content (AvgIpc) is 2.60. The SMILES string of the molecule is O=C1CC(S(=O)(=O)F)CN1c1cccc(Cl)c1. The molecule has 0 N–H and O–H groups in total. The molecule has 0 saturated carbocycles. The zero-order valence-corrected chi connectivity index (χ0v) is 10.2. The Balaban J connectivity index is 2.28. The second-order valence-corrected chi connectivity index (χ2v) is 5.84. The number of hydrogen-bond acceptors (Lipinski definition) is 3. The highest BCUT2D eigenvalue weighted by molar-refractivity contribution is 7.87. The minimum absolute atomic E-state index is 0.169. The van der Waals surface area contributed by atoms with E-state index in [-0.39, 0.29) is 13.0 Å². The largest absolute Gasteiger partial charge is 0.311 e. The zero-order valence-electron chi connectivity index (χ0n) is 8.64. The average molecular weight is 278 g/mol. The van der Waals surface area contributed by atoms with Crippen LogP contribution in [-0.2, 0) is 15.0 Å². The molecule has 0 spiro atoms. The van der Waals surface area contributed by atoms with Crippen LogP contribution in [0.4, 0.5) is 9.57 Å². The Labute approximate surface area is 103 Å². The van der Waals surface area contributed by atoms with E-state index in [4.69, 9.17) is 11.6 Å². The van der Waals surface area contributed by atoms with Gasteiger partial charge in [0, 0.05) is 23.7 Å². The summed E-state index contributed by atoms with van der Waals surface area (Å²) in [5, 5.41) is -0.851. The Bertz CT molecular complexity index is 560. The zero-order chi connectivity index (χ0) is 12.6. The molecule has 1 aromatic carbocycles. The number of benzene rings is 1. The number of carbonyl (C=O) groups excluding carboxylic acids is 1. The van der Waals surface area contributed by atoms with Gasteiger partial charge in [0.05, 0.1) is 0 Å². The van der Waals surface area contributed by atoms with Crippen LogP contribution in [0.5, 0.6) is 0 Å². The molecule has 0 bridgehead atoms. The Morgan fingerprint density at radius 1 is 1.41 bits per heavy atom. The lowest BCUT2D eigenvalue weighted by Gasteiger charge is -2.16. The Hall–Kier alpha value is -1.14. The first-order valence-electron chi connectivity index (χ1n) is 4.87. The van der Waals surface area contributed by atoms with Gasteiger partial charge in [-0.25, -0.2) is 0 Å². The monoisotopic (exact) mass is 277 g/mol. The van der Waals surface area contributed by atoms with E-state index in [1.165, 1.54) is 11.0 Å². The van der Waals surface area contributed by atoms with Crippen LogP contribution >= 0.6 is 11.6 Å². The molecule has 1 heterocycles. The first kappa shape index (κ1) is 12.3. The standard InChI is InChI=1S/C10H9ClFNO3S/c11-7-2-1-3-8(4-7)13-6-9(5-10(13)14)17(12,15)16/h1-4,9H,5-6H2. The van der Waals surface area contributed by atoms with E-state index in [2.05, 4.69) is 0 Å². The van der Waals surface area contributed by atoms with Crippen molar-refractivity contribution in [2.24, 2.45) is 0 Å². The van der Waals surface area contributed by atoms with Crippen molar-refractivity contribution < 1.29 is 17.1 Å². The lowest BCUT2D eigenvalue weighted by atomic mass is 10.3. The van der Waals surface area contributed by atoms with Crippen molar-refractivity contribution >= 4 is 33.4 Å². The summed E-state index contributed by atoms with van der Waals surface area (Å²) < 4.78 is 34.3. The Kier molecular flexibility index (Phi) is 3.09. The highest BCUT2D eigenvalue weighted by Gasteiger charge is 2.39. The molecule has 2 rings (SSSR count). The molecule has 1 aliphatic heterocycles. The van der Waals surface area contributed by atoms with Crippen LogP contribution in [0.15, 0.2) is 24.3 Å². The van der Waals surface area contributed by atoms with Crippen molar-refractivity contribution in [3.63, 3.8) is 0 Å². The molecule has 1 aromatic rings. The molecule has 0 aromatic heterocycles. The van der Waals surface area contributed by atoms with Crippen molar-refractivity contribution in [3.8, 4) is 0 Å². The fourth-order valence-corrected chi connectivity index (χ4v) is 2.61. The molecule has 1 amide bonds. The fraction of sp³-hybridized carbons (Fsp3) is 0.300. The molecular formula is C10H9ClFNO3S. The molecule has 92 valence electrons. The van der Waals surface area contributed by atoms with Crippen molar-refractivity contribution in [2.75, 3.05) is 11.4 Å². The van der Waals surface area contributed by atoms with E-state index in [1.54, 1.807) is 18.2 Å². The maximum atomic E-state index is 12.8. The van der Waals surface area contributed by atoms with Crippen molar-refractivity contribution in [1.82, 2.24) is 0 Å². The summed E-state index contributed by atoms with van der Waals surface area (Å²) in [6.07, 6.45) is -0.328. The van der Waals surface area contributed by atoms with Crippen molar-refractivity contribution in [1.29, 1.82) is 0 Å². The van der Waals surface area contributed by atoms with Crippen molar-refractivity contribution in [3.05, 3.63) is 29.3 Å². The van der Waals surface area contributed by atoms with Gasteiger partial charge in [0.2, 0.25) is 5.91 Å². The van der Waals surface area contributed by atoms with E-state index in [9.17, 15) is 17.1 Å². The summed E-state index contributed by atoms with van der Waals surface area (Å²) >= 11 is 5.77. The summed E-state index contributed by atoms with van der Waals surface area (Å²) in [4.78, 5) is 12.8. The van der Waals surface area contributed by atoms with Crippen LogP contribution in [-0.4, -0.2) is 26.1 Å². The molecular weight excluding hydrogens is 269 g/mol. The van der Waals surface area contributed by atoms with Crippen LogP contribution in [0, 0.1) is 0 Å². The second kappa shape index (κ2) is 4.27. The third kappa shape index (κ3) is 2.58. The highest BCUT2D eigenvalue weighted by atomic mass is 35.5. The fourth-order valence-electron chi connectivity index (χ4n) is 1.76. The van der Waals surface area contributed by atoms with Gasteiger partial charge in [-0.1, -0.05) is 17.7 Å². The van der Waals surface area contributed by atoms with Crippen LogP contribution in [0.25, 0.3) is 0 Å². The van der Waals surface area contributed by atoms with Crippen LogP contribution < -0.4 is 4.90 Å². The van der Waals surface area contributed by atoms with Crippen LogP contribution in [0.1, 0.15) is 6.42 Å². The van der Waals surface area contributed by atoms with Gasteiger partial charge in [-0.3, -0.25) is 4.79 Å². The molecule has 0 aliphatic carbocycles. The summed E-state index contributed by atoms with van der Waals surface area (Å²) in [7, 11) is -4.68. The van der Waals surface area contributed by atoms with Gasteiger partial charge >= 0.3 is 10.2 Å². The highest BCUT2D eigenvalue weighted by Crippen LogP contribution is 2.27. The molecule has 1 fully saturated rings. The van der Waals surface area contributed by atoms with Gasteiger partial charge in [0.25, 0.3) is 0 Å². The molecule has 1 saturated heterocycles. The summed E-state index contributed by atoms with van der Waals surface area (Å²) in [5.41, 5.74) is 0.480. The number of halogens is 2. The molecule has 17 heavy (non-hydrogen) atoms. The number of carbonyl (C=O) groups is 1. The van der Waals surface area contributed by atoms with Gasteiger partial charge in [-0.2, -0.15) is 8.42 Å². The normalized spacial score (nSPS) is 20.9. The summed E-state index contributed by atoms with van der Waals surface area (Å²) in [5.74, 6) is -0.418. The molecule has 1 unspecified atom stereocenters. The predicted octanol–water partition coefficient (Wildman–Crippen LogP) is 1.74. The van der Waals surface area contributed by atoms with Gasteiger partial charge in [0.15, 0.2) is 0 Å².